The van der Waals surface area contributed by atoms with Gasteiger partial charge in [-0.3, -0.25) is 10.1 Å². The SMILES string of the molecule is O=C(O)c1ccc([N+](=O)[O-])c(NCCc2cscn2)c1. The number of rotatable bonds is 6. The Morgan fingerprint density at radius 3 is 2.90 bits per heavy atom. The van der Waals surface area contributed by atoms with E-state index in [4.69, 9.17) is 5.11 Å². The van der Waals surface area contributed by atoms with E-state index in [9.17, 15) is 14.9 Å². The van der Waals surface area contributed by atoms with Crippen LogP contribution in [-0.2, 0) is 6.42 Å². The Morgan fingerprint density at radius 1 is 1.50 bits per heavy atom. The van der Waals surface area contributed by atoms with Gasteiger partial charge in [0, 0.05) is 24.4 Å². The average molecular weight is 293 g/mol. The number of nitro benzene ring substituents is 1. The number of nitrogens with one attached hydrogen (secondary N) is 1. The molecule has 0 unspecified atom stereocenters. The number of carboxylic acid groups (broad SMARTS) is 1. The molecule has 8 heteroatoms. The van der Waals surface area contributed by atoms with E-state index in [-0.39, 0.29) is 16.9 Å². The molecule has 1 aromatic carbocycles. The molecule has 0 bridgehead atoms. The van der Waals surface area contributed by atoms with Crippen molar-refractivity contribution in [2.75, 3.05) is 11.9 Å². The molecule has 1 heterocycles. The molecule has 104 valence electrons. The lowest BCUT2D eigenvalue weighted by Crippen LogP contribution is -2.08. The van der Waals surface area contributed by atoms with Crippen LogP contribution in [-0.4, -0.2) is 27.5 Å². The van der Waals surface area contributed by atoms with Gasteiger partial charge in [-0.1, -0.05) is 0 Å². The van der Waals surface area contributed by atoms with Crippen LogP contribution < -0.4 is 5.32 Å². The third kappa shape index (κ3) is 3.29. The molecule has 2 rings (SSSR count). The molecule has 2 N–H and O–H groups in total. The second-order valence-corrected chi connectivity index (χ2v) is 4.67. The molecular formula is C12H11N3O4S. The van der Waals surface area contributed by atoms with E-state index in [1.165, 1.54) is 29.5 Å². The first-order valence-corrected chi connectivity index (χ1v) is 6.65. The van der Waals surface area contributed by atoms with Gasteiger partial charge in [-0.2, -0.15) is 0 Å². The molecule has 2 aromatic rings. The Hall–Kier alpha value is -2.48. The van der Waals surface area contributed by atoms with Gasteiger partial charge in [0.1, 0.15) is 5.69 Å². The van der Waals surface area contributed by atoms with Crippen LogP contribution in [0.1, 0.15) is 16.1 Å². The van der Waals surface area contributed by atoms with E-state index in [1.54, 1.807) is 5.51 Å². The summed E-state index contributed by atoms with van der Waals surface area (Å²) in [7, 11) is 0. The normalized spacial score (nSPS) is 10.2. The Morgan fingerprint density at radius 2 is 2.30 bits per heavy atom. The fraction of sp³-hybridized carbons (Fsp3) is 0.167. The van der Waals surface area contributed by atoms with Crippen molar-refractivity contribution in [3.05, 3.63) is 50.5 Å². The third-order valence-corrected chi connectivity index (χ3v) is 3.26. The zero-order valence-corrected chi connectivity index (χ0v) is 11.1. The Bertz CT molecular complexity index is 628. The van der Waals surface area contributed by atoms with E-state index >= 15 is 0 Å². The van der Waals surface area contributed by atoms with Crippen molar-refractivity contribution in [1.29, 1.82) is 0 Å². The molecule has 0 aliphatic carbocycles. The molecule has 0 spiro atoms. The molecule has 0 amide bonds. The van der Waals surface area contributed by atoms with Gasteiger partial charge in [-0.15, -0.1) is 11.3 Å². The summed E-state index contributed by atoms with van der Waals surface area (Å²) in [5.74, 6) is -1.12. The van der Waals surface area contributed by atoms with Crippen molar-refractivity contribution in [3.63, 3.8) is 0 Å². The van der Waals surface area contributed by atoms with Crippen molar-refractivity contribution in [2.45, 2.75) is 6.42 Å². The predicted octanol–water partition coefficient (Wildman–Crippen LogP) is 2.40. The van der Waals surface area contributed by atoms with E-state index in [2.05, 4.69) is 10.3 Å². The number of aromatic nitrogens is 1. The van der Waals surface area contributed by atoms with Crippen LogP contribution in [0, 0.1) is 10.1 Å². The minimum atomic E-state index is -1.12. The number of carboxylic acids is 1. The number of aromatic carboxylic acids is 1. The maximum atomic E-state index is 10.9. The molecule has 0 atom stereocenters. The van der Waals surface area contributed by atoms with E-state index in [0.717, 1.165) is 5.69 Å². The van der Waals surface area contributed by atoms with Crippen LogP contribution in [0.2, 0.25) is 0 Å². The maximum absolute atomic E-state index is 10.9. The minimum absolute atomic E-state index is 0.00626. The number of thiazole rings is 1. The zero-order chi connectivity index (χ0) is 14.5. The quantitative estimate of drug-likeness (QED) is 0.626. The van der Waals surface area contributed by atoms with E-state index in [0.29, 0.717) is 13.0 Å². The standard InChI is InChI=1S/C12H11N3O4S/c16-12(17)8-1-2-11(15(18)19)10(5-8)13-4-3-9-6-20-7-14-9/h1-2,5-7,13H,3-4H2,(H,16,17). The van der Waals surface area contributed by atoms with Crippen molar-refractivity contribution in [3.8, 4) is 0 Å². The van der Waals surface area contributed by atoms with Crippen LogP contribution in [0.4, 0.5) is 11.4 Å². The van der Waals surface area contributed by atoms with Crippen molar-refractivity contribution in [1.82, 2.24) is 4.98 Å². The van der Waals surface area contributed by atoms with Gasteiger partial charge in [0.25, 0.3) is 5.69 Å². The number of anilines is 1. The van der Waals surface area contributed by atoms with Gasteiger partial charge < -0.3 is 10.4 Å². The van der Waals surface area contributed by atoms with E-state index < -0.39 is 10.9 Å². The van der Waals surface area contributed by atoms with Crippen molar-refractivity contribution in [2.24, 2.45) is 0 Å². The number of nitrogens with zero attached hydrogens (tertiary/aromatic N) is 2. The van der Waals surface area contributed by atoms with Crippen LogP contribution >= 0.6 is 11.3 Å². The number of nitro groups is 1. The Kier molecular flexibility index (Phi) is 4.26. The molecule has 1 aromatic heterocycles. The smallest absolute Gasteiger partial charge is 0.335 e. The molecule has 20 heavy (non-hydrogen) atoms. The number of carbonyl (C=O) groups is 1. The van der Waals surface area contributed by atoms with Crippen LogP contribution in [0.15, 0.2) is 29.1 Å². The lowest BCUT2D eigenvalue weighted by molar-refractivity contribution is -0.384. The van der Waals surface area contributed by atoms with Crippen LogP contribution in [0.3, 0.4) is 0 Å². The molecule has 0 saturated carbocycles. The summed E-state index contributed by atoms with van der Waals surface area (Å²) in [6.45, 7) is 0.438. The summed E-state index contributed by atoms with van der Waals surface area (Å²) in [6, 6.07) is 3.67. The largest absolute Gasteiger partial charge is 0.478 e. The molecule has 0 aliphatic rings. The van der Waals surface area contributed by atoms with Gasteiger partial charge in [0.05, 0.1) is 21.7 Å². The van der Waals surface area contributed by atoms with Crippen LogP contribution in [0.5, 0.6) is 0 Å². The number of benzene rings is 1. The summed E-state index contributed by atoms with van der Waals surface area (Å²) in [5.41, 5.74) is 2.66. The molecule has 7 nitrogen and oxygen atoms in total. The summed E-state index contributed by atoms with van der Waals surface area (Å²) in [5, 5.41) is 24.6. The molecule has 0 saturated heterocycles. The highest BCUT2D eigenvalue weighted by atomic mass is 32.1. The first kappa shape index (κ1) is 13.9. The molecule has 0 radical (unpaired) electrons. The summed E-state index contributed by atoms with van der Waals surface area (Å²) < 4.78 is 0. The minimum Gasteiger partial charge on any atom is -0.478 e. The van der Waals surface area contributed by atoms with Gasteiger partial charge in [-0.05, 0) is 12.1 Å². The molecular weight excluding hydrogens is 282 g/mol. The fourth-order valence-electron chi connectivity index (χ4n) is 1.66. The van der Waals surface area contributed by atoms with Crippen molar-refractivity contribution < 1.29 is 14.8 Å². The molecule has 0 aliphatic heterocycles. The van der Waals surface area contributed by atoms with Gasteiger partial charge in [-0.25, -0.2) is 9.78 Å². The second-order valence-electron chi connectivity index (χ2n) is 3.95. The summed E-state index contributed by atoms with van der Waals surface area (Å²) in [6.07, 6.45) is 0.609. The van der Waals surface area contributed by atoms with Gasteiger partial charge in [0.2, 0.25) is 0 Å². The fourth-order valence-corrected chi connectivity index (χ4v) is 2.25. The average Bonchev–Trinajstić information content (AvgIpc) is 2.91. The highest BCUT2D eigenvalue weighted by molar-refractivity contribution is 7.07. The summed E-state index contributed by atoms with van der Waals surface area (Å²) >= 11 is 1.48. The van der Waals surface area contributed by atoms with E-state index in [1.807, 2.05) is 5.38 Å². The Balaban J connectivity index is 2.13. The lowest BCUT2D eigenvalue weighted by atomic mass is 10.1. The summed E-state index contributed by atoms with van der Waals surface area (Å²) in [4.78, 5) is 25.3. The first-order valence-electron chi connectivity index (χ1n) is 5.70. The third-order valence-electron chi connectivity index (χ3n) is 2.62. The number of hydrogen-bond donors (Lipinski definition) is 2. The highest BCUT2D eigenvalue weighted by Crippen LogP contribution is 2.25. The van der Waals surface area contributed by atoms with Crippen LogP contribution in [0.25, 0.3) is 0 Å². The van der Waals surface area contributed by atoms with Gasteiger partial charge in [0.15, 0.2) is 0 Å². The van der Waals surface area contributed by atoms with Gasteiger partial charge >= 0.3 is 5.97 Å². The monoisotopic (exact) mass is 293 g/mol. The topological polar surface area (TPSA) is 105 Å². The first-order chi connectivity index (χ1) is 9.58. The lowest BCUT2D eigenvalue weighted by Gasteiger charge is -2.07. The Labute approximate surface area is 118 Å². The van der Waals surface area contributed by atoms with Crippen molar-refractivity contribution >= 4 is 28.7 Å². The zero-order valence-electron chi connectivity index (χ0n) is 10.3. The second kappa shape index (κ2) is 6.11. The maximum Gasteiger partial charge on any atom is 0.335 e. The predicted molar refractivity (Wildman–Crippen MR) is 74.4 cm³/mol. The highest BCUT2D eigenvalue weighted by Gasteiger charge is 2.16. The number of hydrogen-bond acceptors (Lipinski definition) is 6. The molecule has 0 fully saturated rings.